The minimum absolute atomic E-state index is 0.0944. The number of rotatable bonds is 14. The number of nitrogens with one attached hydrogen (secondary N) is 5. The zero-order chi connectivity index (χ0) is 30.5. The van der Waals surface area contributed by atoms with Crippen LogP contribution in [0.25, 0.3) is 10.8 Å². The molecule has 1 amide bonds. The van der Waals surface area contributed by atoms with Gasteiger partial charge in [0.1, 0.15) is 24.4 Å². The number of carbonyl (C=O) groups is 1. The molecule has 0 radical (unpaired) electrons. The minimum Gasteiger partial charge on any atom is -0.394 e. The Bertz CT molecular complexity index is 1190. The molecule has 8 N–H and O–H groups in total. The van der Waals surface area contributed by atoms with Crippen LogP contribution in [-0.4, -0.2) is 115 Å². The van der Waals surface area contributed by atoms with Crippen molar-refractivity contribution in [1.82, 2.24) is 16.0 Å². The second-order valence-corrected chi connectivity index (χ2v) is 10.1. The van der Waals surface area contributed by atoms with E-state index in [4.69, 9.17) is 43.4 Å². The fourth-order valence-corrected chi connectivity index (χ4v) is 4.59. The molecular formula is C27H39N5O8S2. The maximum absolute atomic E-state index is 11.5. The fraction of sp³-hybridized carbons (Fsp3) is 0.519. The summed E-state index contributed by atoms with van der Waals surface area (Å²) in [5.74, 6) is -0.420. The Labute approximate surface area is 255 Å². The van der Waals surface area contributed by atoms with E-state index in [1.807, 2.05) is 36.4 Å². The molecule has 13 nitrogen and oxygen atoms in total. The standard InChI is InChI=1S/C27H39N5O8S2/c1-16(34)30-22-24(36)23(35)21(15-33)40-25(22)39-14-13-38-12-11-37-10-9-29-27(42)32-20-8-7-19(31-26(41)28-2)17-5-3-4-6-18(17)20/h3-8,21-25,33,35-36H,9-15H2,1-2H3,(H,30,34)(H2,28,31,41)(H2,29,32,42)/t21?,22?,23-,24-,25-/m1/s1. The van der Waals surface area contributed by atoms with Crippen molar-refractivity contribution in [1.29, 1.82) is 0 Å². The van der Waals surface area contributed by atoms with Crippen LogP contribution in [0.1, 0.15) is 6.92 Å². The van der Waals surface area contributed by atoms with E-state index < -0.39 is 43.2 Å². The molecule has 0 spiro atoms. The highest BCUT2D eigenvalue weighted by molar-refractivity contribution is 7.80. The summed E-state index contributed by atoms with van der Waals surface area (Å²) in [6.45, 7) is 2.63. The van der Waals surface area contributed by atoms with E-state index >= 15 is 0 Å². The fourth-order valence-electron chi connectivity index (χ4n) is 4.26. The van der Waals surface area contributed by atoms with Gasteiger partial charge in [-0.2, -0.15) is 0 Å². The Kier molecular flexibility index (Phi) is 14.0. The van der Waals surface area contributed by atoms with Crippen molar-refractivity contribution in [2.24, 2.45) is 0 Å². The van der Waals surface area contributed by atoms with Crippen LogP contribution in [-0.2, 0) is 23.7 Å². The molecule has 1 aliphatic heterocycles. The summed E-state index contributed by atoms with van der Waals surface area (Å²) in [5.41, 5.74) is 1.75. The van der Waals surface area contributed by atoms with Gasteiger partial charge in [-0.25, -0.2) is 0 Å². The van der Waals surface area contributed by atoms with Crippen molar-refractivity contribution in [3.63, 3.8) is 0 Å². The lowest BCUT2D eigenvalue weighted by molar-refractivity contribution is -0.272. The summed E-state index contributed by atoms with van der Waals surface area (Å²) >= 11 is 10.7. The number of amides is 1. The Morgan fingerprint density at radius 1 is 0.905 bits per heavy atom. The zero-order valence-electron chi connectivity index (χ0n) is 23.5. The number of thiocarbonyl (C=S) groups is 2. The molecule has 2 unspecified atom stereocenters. The maximum atomic E-state index is 11.5. The number of aliphatic hydroxyl groups is 3. The van der Waals surface area contributed by atoms with Gasteiger partial charge >= 0.3 is 0 Å². The highest BCUT2D eigenvalue weighted by Gasteiger charge is 2.45. The number of ether oxygens (including phenoxy) is 4. The number of aliphatic hydroxyl groups excluding tert-OH is 3. The molecule has 15 heteroatoms. The molecule has 0 saturated carbocycles. The summed E-state index contributed by atoms with van der Waals surface area (Å²) in [6, 6.07) is 10.8. The van der Waals surface area contributed by atoms with E-state index in [1.165, 1.54) is 6.92 Å². The lowest BCUT2D eigenvalue weighted by Crippen LogP contribution is -2.64. The Morgan fingerprint density at radius 2 is 1.50 bits per heavy atom. The van der Waals surface area contributed by atoms with Crippen molar-refractivity contribution in [3.05, 3.63) is 36.4 Å². The van der Waals surface area contributed by atoms with Gasteiger partial charge in [0.2, 0.25) is 5.91 Å². The van der Waals surface area contributed by atoms with Crippen LogP contribution in [0.3, 0.4) is 0 Å². The van der Waals surface area contributed by atoms with Gasteiger partial charge in [-0.05, 0) is 36.6 Å². The molecule has 1 aliphatic rings. The Morgan fingerprint density at radius 3 is 2.10 bits per heavy atom. The third-order valence-corrected chi connectivity index (χ3v) is 6.86. The largest absolute Gasteiger partial charge is 0.394 e. The second kappa shape index (κ2) is 17.4. The summed E-state index contributed by atoms with van der Waals surface area (Å²) in [7, 11) is 1.76. The highest BCUT2D eigenvalue weighted by atomic mass is 32.1. The van der Waals surface area contributed by atoms with Gasteiger partial charge in [0.25, 0.3) is 0 Å². The average molecular weight is 626 g/mol. The first-order valence-corrected chi connectivity index (χ1v) is 14.3. The second-order valence-electron chi connectivity index (χ2n) is 9.32. The van der Waals surface area contributed by atoms with Gasteiger partial charge in [0, 0.05) is 42.7 Å². The molecule has 5 atom stereocenters. The van der Waals surface area contributed by atoms with Crippen LogP contribution in [0.2, 0.25) is 0 Å². The first kappa shape index (κ1) is 33.8. The number of hydrogen-bond donors (Lipinski definition) is 8. The third-order valence-electron chi connectivity index (χ3n) is 6.31. The molecule has 1 heterocycles. The first-order chi connectivity index (χ1) is 20.2. The molecule has 2 aromatic rings. The summed E-state index contributed by atoms with van der Waals surface area (Å²) in [5, 5.41) is 47.6. The number of benzene rings is 2. The molecule has 1 saturated heterocycles. The lowest BCUT2D eigenvalue weighted by atomic mass is 9.97. The van der Waals surface area contributed by atoms with Crippen LogP contribution in [0.5, 0.6) is 0 Å². The van der Waals surface area contributed by atoms with E-state index in [1.54, 1.807) is 7.05 Å². The maximum Gasteiger partial charge on any atom is 0.217 e. The van der Waals surface area contributed by atoms with Crippen LogP contribution < -0.4 is 26.6 Å². The average Bonchev–Trinajstić information content (AvgIpc) is 2.98. The third kappa shape index (κ3) is 9.93. The number of fused-ring (bicyclic) bond motifs is 1. The smallest absolute Gasteiger partial charge is 0.217 e. The van der Waals surface area contributed by atoms with Crippen LogP contribution in [0.15, 0.2) is 36.4 Å². The number of carbonyl (C=O) groups excluding carboxylic acids is 1. The van der Waals surface area contributed by atoms with Gasteiger partial charge in [-0.15, -0.1) is 0 Å². The molecule has 42 heavy (non-hydrogen) atoms. The molecule has 0 aromatic heterocycles. The summed E-state index contributed by atoms with van der Waals surface area (Å²) in [6.07, 6.45) is -4.82. The Hall–Kier alpha value is -2.73. The molecule has 1 fully saturated rings. The van der Waals surface area contributed by atoms with E-state index in [0.717, 1.165) is 22.1 Å². The van der Waals surface area contributed by atoms with Gasteiger partial charge in [-0.3, -0.25) is 4.79 Å². The van der Waals surface area contributed by atoms with E-state index in [9.17, 15) is 20.1 Å². The molecule has 0 aliphatic carbocycles. The molecular weight excluding hydrogens is 586 g/mol. The first-order valence-electron chi connectivity index (χ1n) is 13.5. The van der Waals surface area contributed by atoms with Gasteiger partial charge in [0.15, 0.2) is 16.5 Å². The predicted octanol–water partition coefficient (Wildman–Crippen LogP) is 0.0359. The molecule has 2 aromatic carbocycles. The SMILES string of the molecule is CNC(=S)Nc1ccc(NC(=S)NCCOCCOCCO[C@@H]2OC(CO)[C@@H](O)[C@H](O)C2NC(C)=O)c2ccccc12. The van der Waals surface area contributed by atoms with E-state index in [2.05, 4.69) is 26.6 Å². The Balaban J connectivity index is 1.31. The quantitative estimate of drug-likeness (QED) is 0.104. The molecule has 3 rings (SSSR count). The molecule has 232 valence electrons. The van der Waals surface area contributed by atoms with Crippen molar-refractivity contribution >= 4 is 62.7 Å². The van der Waals surface area contributed by atoms with Gasteiger partial charge in [0.05, 0.1) is 39.6 Å². The number of anilines is 2. The van der Waals surface area contributed by atoms with Crippen molar-refractivity contribution in [2.45, 2.75) is 37.6 Å². The normalized spacial score (nSPS) is 21.9. The van der Waals surface area contributed by atoms with E-state index in [-0.39, 0.29) is 13.2 Å². The molecule has 0 bridgehead atoms. The predicted molar refractivity (Wildman–Crippen MR) is 166 cm³/mol. The van der Waals surface area contributed by atoms with Gasteiger partial charge < -0.3 is 60.9 Å². The zero-order valence-corrected chi connectivity index (χ0v) is 25.1. The van der Waals surface area contributed by atoms with Crippen molar-refractivity contribution in [3.8, 4) is 0 Å². The van der Waals surface area contributed by atoms with Crippen molar-refractivity contribution < 1.29 is 39.1 Å². The lowest BCUT2D eigenvalue weighted by Gasteiger charge is -2.42. The van der Waals surface area contributed by atoms with Gasteiger partial charge in [-0.1, -0.05) is 24.3 Å². The van der Waals surface area contributed by atoms with Crippen LogP contribution in [0.4, 0.5) is 11.4 Å². The number of hydrogen-bond acceptors (Lipinski definition) is 10. The monoisotopic (exact) mass is 625 g/mol. The minimum atomic E-state index is -1.36. The summed E-state index contributed by atoms with van der Waals surface area (Å²) in [4.78, 5) is 11.5. The highest BCUT2D eigenvalue weighted by Crippen LogP contribution is 2.30. The van der Waals surface area contributed by atoms with Crippen molar-refractivity contribution in [2.75, 3.05) is 63.9 Å². The van der Waals surface area contributed by atoms with Crippen LogP contribution >= 0.6 is 24.4 Å². The summed E-state index contributed by atoms with van der Waals surface area (Å²) < 4.78 is 22.2. The van der Waals surface area contributed by atoms with E-state index in [0.29, 0.717) is 36.6 Å². The topological polar surface area (TPSA) is 175 Å². The van der Waals surface area contributed by atoms with Crippen LogP contribution in [0, 0.1) is 0 Å².